The maximum absolute atomic E-state index is 12.6. The Kier molecular flexibility index (Phi) is 4.40. The molecule has 2 aromatic rings. The second-order valence-electron chi connectivity index (χ2n) is 4.20. The minimum atomic E-state index is -0.627. The maximum atomic E-state index is 12.6. The zero-order chi connectivity index (χ0) is 14.9. The minimum absolute atomic E-state index is 0.0133. The molecule has 0 amide bonds. The summed E-state index contributed by atoms with van der Waals surface area (Å²) in [6.07, 6.45) is 1.79. The number of fused-ring (bicyclic) bond motifs is 1. The molecule has 1 N–H and O–H groups in total. The zero-order valence-electron chi connectivity index (χ0n) is 11.4. The third-order valence-electron chi connectivity index (χ3n) is 2.97. The van der Waals surface area contributed by atoms with Crippen molar-refractivity contribution in [3.63, 3.8) is 0 Å². The van der Waals surface area contributed by atoms with Gasteiger partial charge in [-0.25, -0.2) is 4.79 Å². The molecule has 0 fully saturated rings. The van der Waals surface area contributed by atoms with Gasteiger partial charge < -0.3 is 9.72 Å². The van der Waals surface area contributed by atoms with Gasteiger partial charge in [-0.15, -0.1) is 11.8 Å². The Morgan fingerprint density at radius 2 is 2.15 bits per heavy atom. The van der Waals surface area contributed by atoms with Crippen LogP contribution in [-0.2, 0) is 4.74 Å². The number of aromatic nitrogens is 1. The molecule has 6 heteroatoms. The number of esters is 1. The van der Waals surface area contributed by atoms with Crippen molar-refractivity contribution in [1.29, 1.82) is 0 Å². The molecule has 0 bridgehead atoms. The van der Waals surface area contributed by atoms with Crippen LogP contribution in [0.1, 0.15) is 22.8 Å². The van der Waals surface area contributed by atoms with Crippen molar-refractivity contribution in [1.82, 2.24) is 4.98 Å². The van der Waals surface area contributed by atoms with E-state index in [1.54, 1.807) is 19.2 Å². The summed E-state index contributed by atoms with van der Waals surface area (Å²) >= 11 is 7.40. The second kappa shape index (κ2) is 5.89. The molecule has 0 saturated heterocycles. The summed E-state index contributed by atoms with van der Waals surface area (Å²) in [6, 6.07) is 3.48. The molecule has 1 aromatic carbocycles. The summed E-state index contributed by atoms with van der Waals surface area (Å²) in [5, 5.41) is 1.14. The van der Waals surface area contributed by atoms with Gasteiger partial charge in [-0.1, -0.05) is 17.7 Å². The molecular formula is C14H14ClNO3S. The Bertz CT molecular complexity index is 739. The van der Waals surface area contributed by atoms with E-state index in [0.29, 0.717) is 21.0 Å². The van der Waals surface area contributed by atoms with Gasteiger partial charge >= 0.3 is 5.97 Å². The third kappa shape index (κ3) is 2.43. The number of thioether (sulfide) groups is 1. The SMILES string of the molecule is CCOC(=O)c1c(SC)[nH]c2c(C)ccc(Cl)c2c1=O. The highest BCUT2D eigenvalue weighted by Gasteiger charge is 2.21. The normalized spacial score (nSPS) is 10.8. The molecule has 0 radical (unpaired) electrons. The molecule has 0 unspecified atom stereocenters. The van der Waals surface area contributed by atoms with E-state index in [2.05, 4.69) is 4.98 Å². The third-order valence-corrected chi connectivity index (χ3v) is 4.00. The Hall–Kier alpha value is -1.46. The van der Waals surface area contributed by atoms with E-state index in [1.807, 2.05) is 13.0 Å². The molecule has 106 valence electrons. The van der Waals surface area contributed by atoms with Gasteiger partial charge in [0.05, 0.1) is 27.6 Å². The Morgan fingerprint density at radius 1 is 1.45 bits per heavy atom. The first-order chi connectivity index (χ1) is 9.51. The van der Waals surface area contributed by atoms with E-state index in [-0.39, 0.29) is 12.2 Å². The number of aryl methyl sites for hydroxylation is 1. The van der Waals surface area contributed by atoms with Gasteiger partial charge in [0, 0.05) is 0 Å². The number of H-pyrrole nitrogens is 1. The van der Waals surface area contributed by atoms with Crippen LogP contribution in [0.4, 0.5) is 0 Å². The van der Waals surface area contributed by atoms with Crippen LogP contribution in [0.15, 0.2) is 22.0 Å². The molecule has 0 atom stereocenters. The van der Waals surface area contributed by atoms with Crippen LogP contribution in [0.3, 0.4) is 0 Å². The number of ether oxygens (including phenoxy) is 1. The quantitative estimate of drug-likeness (QED) is 0.697. The first-order valence-electron chi connectivity index (χ1n) is 6.07. The van der Waals surface area contributed by atoms with E-state index in [9.17, 15) is 9.59 Å². The summed E-state index contributed by atoms with van der Waals surface area (Å²) in [5.41, 5.74) is 1.17. The van der Waals surface area contributed by atoms with Crippen LogP contribution in [0.5, 0.6) is 0 Å². The highest BCUT2D eigenvalue weighted by molar-refractivity contribution is 7.98. The monoisotopic (exact) mass is 311 g/mol. The molecule has 4 nitrogen and oxygen atoms in total. The van der Waals surface area contributed by atoms with Crippen molar-refractivity contribution in [2.75, 3.05) is 12.9 Å². The largest absolute Gasteiger partial charge is 0.462 e. The molecule has 1 heterocycles. The predicted molar refractivity (Wildman–Crippen MR) is 82.1 cm³/mol. The van der Waals surface area contributed by atoms with Gasteiger partial charge in [0.1, 0.15) is 5.56 Å². The lowest BCUT2D eigenvalue weighted by Gasteiger charge is -2.11. The molecule has 0 aliphatic rings. The number of nitrogens with one attached hydrogen (secondary N) is 1. The number of hydrogen-bond acceptors (Lipinski definition) is 4. The van der Waals surface area contributed by atoms with Crippen LogP contribution in [0, 0.1) is 6.92 Å². The summed E-state index contributed by atoms with van der Waals surface area (Å²) in [5.74, 6) is -0.627. The van der Waals surface area contributed by atoms with Gasteiger partial charge in [0.15, 0.2) is 0 Å². The number of hydrogen-bond donors (Lipinski definition) is 1. The number of halogens is 1. The Labute approximate surface area is 125 Å². The molecule has 0 saturated carbocycles. The molecule has 2 rings (SSSR count). The lowest BCUT2D eigenvalue weighted by molar-refractivity contribution is 0.0520. The molecule has 0 aliphatic carbocycles. The van der Waals surface area contributed by atoms with Crippen molar-refractivity contribution in [3.05, 3.63) is 38.5 Å². The smallest absolute Gasteiger partial charge is 0.344 e. The minimum Gasteiger partial charge on any atom is -0.462 e. The maximum Gasteiger partial charge on any atom is 0.344 e. The second-order valence-corrected chi connectivity index (χ2v) is 5.42. The zero-order valence-corrected chi connectivity index (χ0v) is 12.9. The number of carbonyl (C=O) groups is 1. The van der Waals surface area contributed by atoms with Gasteiger partial charge in [0.2, 0.25) is 5.43 Å². The van der Waals surface area contributed by atoms with Crippen molar-refractivity contribution in [2.45, 2.75) is 18.9 Å². The van der Waals surface area contributed by atoms with Crippen LogP contribution in [-0.4, -0.2) is 23.8 Å². The van der Waals surface area contributed by atoms with Gasteiger partial charge in [0.25, 0.3) is 0 Å². The number of rotatable bonds is 3. The van der Waals surface area contributed by atoms with Gasteiger partial charge in [-0.05, 0) is 31.7 Å². The Balaban J connectivity index is 2.89. The van der Waals surface area contributed by atoms with E-state index < -0.39 is 11.4 Å². The number of pyridine rings is 1. The average molecular weight is 312 g/mol. The predicted octanol–water partition coefficient (Wildman–Crippen LogP) is 3.39. The van der Waals surface area contributed by atoms with Crippen molar-refractivity contribution < 1.29 is 9.53 Å². The molecule has 0 spiro atoms. The number of aromatic amines is 1. The number of benzene rings is 1. The fraction of sp³-hybridized carbons (Fsp3) is 0.286. The first kappa shape index (κ1) is 14.9. The van der Waals surface area contributed by atoms with Crippen LogP contribution >= 0.6 is 23.4 Å². The summed E-state index contributed by atoms with van der Waals surface area (Å²) in [6.45, 7) is 3.79. The van der Waals surface area contributed by atoms with E-state index >= 15 is 0 Å². The summed E-state index contributed by atoms with van der Waals surface area (Å²) < 4.78 is 4.95. The Morgan fingerprint density at radius 3 is 2.75 bits per heavy atom. The lowest BCUT2D eigenvalue weighted by Crippen LogP contribution is -2.20. The number of carbonyl (C=O) groups excluding carboxylic acids is 1. The molecule has 20 heavy (non-hydrogen) atoms. The first-order valence-corrected chi connectivity index (χ1v) is 7.67. The van der Waals surface area contributed by atoms with Crippen LogP contribution < -0.4 is 5.43 Å². The lowest BCUT2D eigenvalue weighted by atomic mass is 10.1. The summed E-state index contributed by atoms with van der Waals surface area (Å²) in [7, 11) is 0. The van der Waals surface area contributed by atoms with E-state index in [0.717, 1.165) is 5.56 Å². The average Bonchev–Trinajstić information content (AvgIpc) is 2.42. The highest BCUT2D eigenvalue weighted by Crippen LogP contribution is 2.26. The summed E-state index contributed by atoms with van der Waals surface area (Å²) in [4.78, 5) is 27.7. The van der Waals surface area contributed by atoms with Gasteiger partial charge in [-0.2, -0.15) is 0 Å². The van der Waals surface area contributed by atoms with Gasteiger partial charge in [-0.3, -0.25) is 4.79 Å². The molecular weight excluding hydrogens is 298 g/mol. The fourth-order valence-electron chi connectivity index (χ4n) is 2.01. The van der Waals surface area contributed by atoms with Crippen molar-refractivity contribution >= 4 is 40.2 Å². The molecule has 1 aromatic heterocycles. The van der Waals surface area contributed by atoms with Crippen LogP contribution in [0.25, 0.3) is 10.9 Å². The van der Waals surface area contributed by atoms with E-state index in [4.69, 9.17) is 16.3 Å². The van der Waals surface area contributed by atoms with Crippen molar-refractivity contribution in [2.24, 2.45) is 0 Å². The van der Waals surface area contributed by atoms with Crippen LogP contribution in [0.2, 0.25) is 5.02 Å². The van der Waals surface area contributed by atoms with E-state index in [1.165, 1.54) is 11.8 Å². The molecule has 0 aliphatic heterocycles. The fourth-order valence-corrected chi connectivity index (χ4v) is 2.84. The van der Waals surface area contributed by atoms with Crippen molar-refractivity contribution in [3.8, 4) is 0 Å². The highest BCUT2D eigenvalue weighted by atomic mass is 35.5. The topological polar surface area (TPSA) is 59.2 Å². The standard InChI is InChI=1S/C14H14ClNO3S/c1-4-19-14(18)10-12(17)9-8(15)6-5-7(2)11(9)16-13(10)20-3/h5-6H,4H2,1-3H3,(H,16,17).